The lowest BCUT2D eigenvalue weighted by Crippen LogP contribution is -2.40. The number of amides is 1. The van der Waals surface area contributed by atoms with Gasteiger partial charge in [-0.25, -0.2) is 0 Å². The van der Waals surface area contributed by atoms with E-state index in [2.05, 4.69) is 20.8 Å². The van der Waals surface area contributed by atoms with Crippen molar-refractivity contribution in [2.24, 2.45) is 0 Å². The summed E-state index contributed by atoms with van der Waals surface area (Å²) >= 11 is 0. The van der Waals surface area contributed by atoms with Crippen molar-refractivity contribution in [1.29, 1.82) is 0 Å². The Morgan fingerprint density at radius 2 is 1.78 bits per heavy atom. The molecule has 1 saturated heterocycles. The first-order chi connectivity index (χ1) is 17.2. The van der Waals surface area contributed by atoms with Crippen molar-refractivity contribution in [2.45, 2.75) is 77.3 Å². The Kier molecular flexibility index (Phi) is 7.43. The molecule has 0 bridgehead atoms. The molecular formula is C30H37NO5. The Morgan fingerprint density at radius 3 is 2.42 bits per heavy atom. The van der Waals surface area contributed by atoms with E-state index in [9.17, 15) is 14.7 Å². The molecule has 2 aromatic rings. The Hall–Kier alpha value is -3.28. The summed E-state index contributed by atoms with van der Waals surface area (Å²) in [6.07, 6.45) is 4.88. The minimum absolute atomic E-state index is 0.0396. The van der Waals surface area contributed by atoms with Gasteiger partial charge in [-0.15, -0.1) is 0 Å². The number of nitrogens with zero attached hydrogens (tertiary/aromatic N) is 1. The molecular weight excluding hydrogens is 454 g/mol. The lowest BCUT2D eigenvalue weighted by Gasteiger charge is -2.35. The first-order valence-electron chi connectivity index (χ1n) is 12.9. The van der Waals surface area contributed by atoms with Crippen LogP contribution in [0.15, 0.2) is 48.0 Å². The number of rotatable bonds is 6. The monoisotopic (exact) mass is 491 g/mol. The topological polar surface area (TPSA) is 76.1 Å². The van der Waals surface area contributed by atoms with Crippen molar-refractivity contribution in [3.05, 3.63) is 64.7 Å². The number of likely N-dealkylation sites (tertiary alicyclic amines) is 1. The normalized spacial score (nSPS) is 20.6. The van der Waals surface area contributed by atoms with Crippen LogP contribution in [0, 0.1) is 0 Å². The standard InChI is InChI=1S/C30H37NO5/c1-6-36-22-14-10-11-19(17-22)26-25(28(33)29(34)31(26)21-12-8-7-9-13-21)27(32)20-15-16-24(35-5)23(18-20)30(2,3)4/h10-11,14-18,21,26,32H,6-9,12-13H2,1-5H3/b27-25+. The van der Waals surface area contributed by atoms with E-state index >= 15 is 0 Å². The highest BCUT2D eigenvalue weighted by Gasteiger charge is 2.49. The van der Waals surface area contributed by atoms with E-state index in [0.717, 1.165) is 43.2 Å². The van der Waals surface area contributed by atoms with Crippen LogP contribution >= 0.6 is 0 Å². The fourth-order valence-corrected chi connectivity index (χ4v) is 5.45. The largest absolute Gasteiger partial charge is 0.507 e. The smallest absolute Gasteiger partial charge is 0.295 e. The molecule has 1 heterocycles. The third-order valence-electron chi connectivity index (χ3n) is 7.21. The zero-order chi connectivity index (χ0) is 26.0. The molecule has 4 rings (SSSR count). The second kappa shape index (κ2) is 10.4. The average molecular weight is 492 g/mol. The van der Waals surface area contributed by atoms with E-state index in [4.69, 9.17) is 9.47 Å². The molecule has 2 aromatic carbocycles. The van der Waals surface area contributed by atoms with Gasteiger partial charge < -0.3 is 19.5 Å². The summed E-state index contributed by atoms with van der Waals surface area (Å²) in [5, 5.41) is 11.6. The van der Waals surface area contributed by atoms with Crippen LogP contribution in [0.1, 0.15) is 82.5 Å². The van der Waals surface area contributed by atoms with Gasteiger partial charge in [-0.05, 0) is 61.1 Å². The highest BCUT2D eigenvalue weighted by molar-refractivity contribution is 6.46. The zero-order valence-corrected chi connectivity index (χ0v) is 22.0. The van der Waals surface area contributed by atoms with E-state index in [-0.39, 0.29) is 22.8 Å². The average Bonchev–Trinajstić information content (AvgIpc) is 3.14. The van der Waals surface area contributed by atoms with Crippen molar-refractivity contribution in [2.75, 3.05) is 13.7 Å². The van der Waals surface area contributed by atoms with Gasteiger partial charge >= 0.3 is 0 Å². The Labute approximate surface area is 213 Å². The maximum Gasteiger partial charge on any atom is 0.295 e. The number of carbonyl (C=O) groups is 2. The molecule has 1 aliphatic carbocycles. The van der Waals surface area contributed by atoms with Crippen molar-refractivity contribution < 1.29 is 24.2 Å². The fourth-order valence-electron chi connectivity index (χ4n) is 5.45. The molecule has 1 N–H and O–H groups in total. The lowest BCUT2D eigenvalue weighted by atomic mass is 9.84. The summed E-state index contributed by atoms with van der Waals surface area (Å²) in [5.41, 5.74) is 2.04. The molecule has 0 radical (unpaired) electrons. The summed E-state index contributed by atoms with van der Waals surface area (Å²) in [7, 11) is 1.62. The van der Waals surface area contributed by atoms with Crippen molar-refractivity contribution in [1.82, 2.24) is 4.90 Å². The third-order valence-corrected chi connectivity index (χ3v) is 7.21. The minimum Gasteiger partial charge on any atom is -0.507 e. The summed E-state index contributed by atoms with van der Waals surface area (Å²) < 4.78 is 11.3. The number of hydrogen-bond donors (Lipinski definition) is 1. The van der Waals surface area contributed by atoms with Gasteiger partial charge in [-0.2, -0.15) is 0 Å². The van der Waals surface area contributed by atoms with E-state index < -0.39 is 17.7 Å². The van der Waals surface area contributed by atoms with Crippen molar-refractivity contribution in [3.8, 4) is 11.5 Å². The molecule has 36 heavy (non-hydrogen) atoms. The van der Waals surface area contributed by atoms with Gasteiger partial charge in [-0.3, -0.25) is 9.59 Å². The van der Waals surface area contributed by atoms with Crippen LogP contribution in [0.25, 0.3) is 5.76 Å². The highest BCUT2D eigenvalue weighted by Crippen LogP contribution is 2.44. The van der Waals surface area contributed by atoms with Crippen LogP contribution in [-0.2, 0) is 15.0 Å². The number of methoxy groups -OCH3 is 1. The Balaban J connectivity index is 1.90. The second-order valence-electron chi connectivity index (χ2n) is 10.7. The quantitative estimate of drug-likeness (QED) is 0.298. The maximum absolute atomic E-state index is 13.5. The maximum atomic E-state index is 13.5. The van der Waals surface area contributed by atoms with Crippen LogP contribution in [0.4, 0.5) is 0 Å². The molecule has 2 fully saturated rings. The van der Waals surface area contributed by atoms with Gasteiger partial charge in [0.25, 0.3) is 11.7 Å². The van der Waals surface area contributed by atoms with Gasteiger partial charge in [0.1, 0.15) is 17.3 Å². The van der Waals surface area contributed by atoms with Crippen LogP contribution in [0.5, 0.6) is 11.5 Å². The molecule has 1 saturated carbocycles. The van der Waals surface area contributed by atoms with Gasteiger partial charge in [0.2, 0.25) is 0 Å². The van der Waals surface area contributed by atoms with Gasteiger partial charge in [0, 0.05) is 17.2 Å². The van der Waals surface area contributed by atoms with E-state index in [1.807, 2.05) is 37.3 Å². The number of ketones is 1. The number of aliphatic hydroxyl groups is 1. The van der Waals surface area contributed by atoms with Crippen molar-refractivity contribution >= 4 is 17.4 Å². The van der Waals surface area contributed by atoms with Gasteiger partial charge in [-0.1, -0.05) is 52.2 Å². The van der Waals surface area contributed by atoms with E-state index in [1.165, 1.54) is 0 Å². The predicted molar refractivity (Wildman–Crippen MR) is 140 cm³/mol. The molecule has 1 aliphatic heterocycles. The van der Waals surface area contributed by atoms with Crippen molar-refractivity contribution in [3.63, 3.8) is 0 Å². The van der Waals surface area contributed by atoms with Crippen LogP contribution in [0.2, 0.25) is 0 Å². The number of ether oxygens (including phenoxy) is 2. The number of benzene rings is 2. The first kappa shape index (κ1) is 25.8. The minimum atomic E-state index is -0.673. The zero-order valence-electron chi connectivity index (χ0n) is 22.0. The van der Waals surface area contributed by atoms with E-state index in [0.29, 0.717) is 23.7 Å². The second-order valence-corrected chi connectivity index (χ2v) is 10.7. The summed E-state index contributed by atoms with van der Waals surface area (Å²) in [5.74, 6) is 0.0378. The molecule has 192 valence electrons. The Bertz CT molecular complexity index is 1170. The number of aliphatic hydroxyl groups excluding tert-OH is 1. The Morgan fingerprint density at radius 1 is 1.06 bits per heavy atom. The van der Waals surface area contributed by atoms with E-state index in [1.54, 1.807) is 24.1 Å². The van der Waals surface area contributed by atoms with Gasteiger partial charge in [0.05, 0.1) is 25.3 Å². The number of carbonyl (C=O) groups excluding carboxylic acids is 2. The molecule has 6 heteroatoms. The summed E-state index contributed by atoms with van der Waals surface area (Å²) in [6.45, 7) is 8.62. The third kappa shape index (κ3) is 4.86. The van der Waals surface area contributed by atoms with Crippen LogP contribution in [0.3, 0.4) is 0 Å². The first-order valence-corrected chi connectivity index (χ1v) is 12.9. The van der Waals surface area contributed by atoms with Crippen LogP contribution in [-0.4, -0.2) is 41.5 Å². The van der Waals surface area contributed by atoms with Gasteiger partial charge in [0.15, 0.2) is 0 Å². The predicted octanol–water partition coefficient (Wildman–Crippen LogP) is 6.15. The summed E-state index contributed by atoms with van der Waals surface area (Å²) in [4.78, 5) is 28.7. The molecule has 2 aliphatic rings. The molecule has 0 spiro atoms. The lowest BCUT2D eigenvalue weighted by molar-refractivity contribution is -0.141. The molecule has 1 unspecified atom stereocenters. The molecule has 1 atom stereocenters. The molecule has 1 amide bonds. The molecule has 0 aromatic heterocycles. The van der Waals surface area contributed by atoms with Crippen LogP contribution < -0.4 is 9.47 Å². The SMILES string of the molecule is CCOc1cccc(C2/C(=C(\O)c3ccc(OC)c(C(C)(C)C)c3)C(=O)C(=O)N2C2CCCCC2)c1. The molecule has 6 nitrogen and oxygen atoms in total. The summed E-state index contributed by atoms with van der Waals surface area (Å²) in [6, 6.07) is 12.2. The highest BCUT2D eigenvalue weighted by atomic mass is 16.5. The fraction of sp³-hybridized carbons (Fsp3) is 0.467. The number of Topliss-reactive ketones (excluding diaryl/α,β-unsaturated/α-hetero) is 1. The number of hydrogen-bond acceptors (Lipinski definition) is 5.